The van der Waals surface area contributed by atoms with Crippen LogP contribution in [0.1, 0.15) is 30.6 Å². The molecule has 0 fully saturated rings. The molecule has 0 atom stereocenters. The van der Waals surface area contributed by atoms with E-state index in [0.717, 1.165) is 10.9 Å². The Morgan fingerprint density at radius 2 is 1.79 bits per heavy atom. The molecular formula is C21H24BrNO5. The minimum atomic E-state index is -0.613. The predicted octanol–water partition coefficient (Wildman–Crippen LogP) is 4.68. The van der Waals surface area contributed by atoms with Crippen LogP contribution >= 0.6 is 15.9 Å². The Balaban J connectivity index is 1.90. The fraction of sp³-hybridized carbons (Fsp3) is 0.333. The second-order valence-electron chi connectivity index (χ2n) is 6.53. The molecule has 0 heterocycles. The highest BCUT2D eigenvalue weighted by atomic mass is 79.9. The lowest BCUT2D eigenvalue weighted by molar-refractivity contribution is -0.119. The van der Waals surface area contributed by atoms with Crippen LogP contribution in [0.2, 0.25) is 0 Å². The highest BCUT2D eigenvalue weighted by molar-refractivity contribution is 9.10. The largest absolute Gasteiger partial charge is 0.493 e. The first-order valence-corrected chi connectivity index (χ1v) is 9.71. The second kappa shape index (κ2) is 10.7. The molecule has 7 heteroatoms. The van der Waals surface area contributed by atoms with E-state index in [0.29, 0.717) is 29.7 Å². The number of nitrogens with one attached hydrogen (secondary N) is 1. The van der Waals surface area contributed by atoms with Crippen molar-refractivity contribution in [2.75, 3.05) is 25.6 Å². The maximum absolute atomic E-state index is 12.2. The average Bonchev–Trinajstić information content (AvgIpc) is 2.67. The fourth-order valence-corrected chi connectivity index (χ4v) is 2.53. The van der Waals surface area contributed by atoms with Crippen LogP contribution in [-0.2, 0) is 9.53 Å². The summed E-state index contributed by atoms with van der Waals surface area (Å²) in [5, 5.41) is 2.66. The summed E-state index contributed by atoms with van der Waals surface area (Å²) in [5.74, 6) is 0.503. The van der Waals surface area contributed by atoms with Gasteiger partial charge in [-0.15, -0.1) is 0 Å². The van der Waals surface area contributed by atoms with Gasteiger partial charge in [0, 0.05) is 10.2 Å². The van der Waals surface area contributed by atoms with E-state index in [1.807, 2.05) is 0 Å². The molecule has 0 saturated heterocycles. The van der Waals surface area contributed by atoms with E-state index < -0.39 is 11.9 Å². The first kappa shape index (κ1) is 21.8. The summed E-state index contributed by atoms with van der Waals surface area (Å²) in [5.41, 5.74) is 0.901. The summed E-state index contributed by atoms with van der Waals surface area (Å²) in [4.78, 5) is 24.2. The second-order valence-corrected chi connectivity index (χ2v) is 7.44. The number of methoxy groups -OCH3 is 1. The summed E-state index contributed by atoms with van der Waals surface area (Å²) in [6.45, 7) is 4.41. The quantitative estimate of drug-likeness (QED) is 0.562. The Morgan fingerprint density at radius 1 is 1.07 bits per heavy atom. The van der Waals surface area contributed by atoms with Crippen molar-refractivity contribution in [3.8, 4) is 11.5 Å². The van der Waals surface area contributed by atoms with Crippen molar-refractivity contribution < 1.29 is 23.8 Å². The lowest BCUT2D eigenvalue weighted by atomic mass is 10.1. The van der Waals surface area contributed by atoms with Gasteiger partial charge < -0.3 is 19.5 Å². The lowest BCUT2D eigenvalue weighted by Crippen LogP contribution is -2.20. The van der Waals surface area contributed by atoms with Gasteiger partial charge in [0.05, 0.1) is 19.3 Å². The highest BCUT2D eigenvalue weighted by Gasteiger charge is 2.14. The topological polar surface area (TPSA) is 73.9 Å². The van der Waals surface area contributed by atoms with Crippen molar-refractivity contribution in [1.82, 2.24) is 0 Å². The molecule has 0 aliphatic heterocycles. The predicted molar refractivity (Wildman–Crippen MR) is 111 cm³/mol. The van der Waals surface area contributed by atoms with Gasteiger partial charge in [0.2, 0.25) is 0 Å². The third-order valence-corrected chi connectivity index (χ3v) is 4.34. The number of carbonyl (C=O) groups is 2. The molecule has 28 heavy (non-hydrogen) atoms. The Hall–Kier alpha value is -2.54. The van der Waals surface area contributed by atoms with Crippen LogP contribution < -0.4 is 14.8 Å². The number of carbonyl (C=O) groups excluding carboxylic acids is 2. The molecule has 2 aromatic rings. The van der Waals surface area contributed by atoms with Gasteiger partial charge in [0.1, 0.15) is 0 Å². The van der Waals surface area contributed by atoms with Crippen LogP contribution in [0.25, 0.3) is 0 Å². The summed E-state index contributed by atoms with van der Waals surface area (Å²) in [6.07, 6.45) is 0.917. The van der Waals surface area contributed by atoms with Crippen LogP contribution in [0.5, 0.6) is 11.5 Å². The van der Waals surface area contributed by atoms with Gasteiger partial charge in [0.25, 0.3) is 5.91 Å². The smallest absolute Gasteiger partial charge is 0.338 e. The Morgan fingerprint density at radius 3 is 2.43 bits per heavy atom. The molecule has 0 aliphatic rings. The normalized spacial score (nSPS) is 10.5. The van der Waals surface area contributed by atoms with Crippen molar-refractivity contribution in [3.63, 3.8) is 0 Å². The van der Waals surface area contributed by atoms with Crippen molar-refractivity contribution >= 4 is 33.5 Å². The maximum Gasteiger partial charge on any atom is 0.338 e. The first-order chi connectivity index (χ1) is 13.4. The number of benzene rings is 2. The number of rotatable bonds is 9. The average molecular weight is 450 g/mol. The molecule has 150 valence electrons. The Labute approximate surface area is 173 Å². The van der Waals surface area contributed by atoms with Crippen molar-refractivity contribution in [1.29, 1.82) is 0 Å². The molecule has 0 bridgehead atoms. The van der Waals surface area contributed by atoms with Gasteiger partial charge in [-0.2, -0.15) is 0 Å². The lowest BCUT2D eigenvalue weighted by Gasteiger charge is -2.13. The van der Waals surface area contributed by atoms with Crippen LogP contribution in [0.3, 0.4) is 0 Å². The Bertz CT molecular complexity index is 805. The zero-order valence-electron chi connectivity index (χ0n) is 16.2. The van der Waals surface area contributed by atoms with Crippen LogP contribution in [-0.4, -0.2) is 32.2 Å². The van der Waals surface area contributed by atoms with E-state index >= 15 is 0 Å². The van der Waals surface area contributed by atoms with Gasteiger partial charge in [-0.1, -0.05) is 29.8 Å². The molecule has 0 spiro atoms. The number of amides is 1. The monoisotopic (exact) mass is 449 g/mol. The van der Waals surface area contributed by atoms with Gasteiger partial charge >= 0.3 is 5.97 Å². The molecule has 2 aromatic carbocycles. The fourth-order valence-electron chi connectivity index (χ4n) is 2.26. The molecule has 0 aromatic heterocycles. The summed E-state index contributed by atoms with van der Waals surface area (Å²) < 4.78 is 17.0. The molecule has 0 unspecified atom stereocenters. The van der Waals surface area contributed by atoms with Gasteiger partial charge in [0.15, 0.2) is 18.1 Å². The number of esters is 1. The molecule has 1 amide bonds. The van der Waals surface area contributed by atoms with Crippen LogP contribution in [0.4, 0.5) is 5.69 Å². The van der Waals surface area contributed by atoms with Gasteiger partial charge in [-0.3, -0.25) is 4.79 Å². The summed E-state index contributed by atoms with van der Waals surface area (Å²) in [6, 6.07) is 11.9. The molecule has 6 nitrogen and oxygen atoms in total. The van der Waals surface area contributed by atoms with Gasteiger partial charge in [-0.25, -0.2) is 4.79 Å². The number of ether oxygens (including phenoxy) is 3. The van der Waals surface area contributed by atoms with Crippen molar-refractivity contribution in [2.45, 2.75) is 20.3 Å². The third kappa shape index (κ3) is 6.88. The van der Waals surface area contributed by atoms with E-state index in [1.165, 1.54) is 7.11 Å². The molecule has 0 saturated carbocycles. The number of anilines is 1. The van der Waals surface area contributed by atoms with Crippen molar-refractivity contribution in [3.05, 3.63) is 52.5 Å². The van der Waals surface area contributed by atoms with E-state index in [1.54, 1.807) is 42.5 Å². The van der Waals surface area contributed by atoms with E-state index in [9.17, 15) is 9.59 Å². The van der Waals surface area contributed by atoms with Crippen LogP contribution in [0.15, 0.2) is 46.9 Å². The number of hydrogen-bond acceptors (Lipinski definition) is 5. The highest BCUT2D eigenvalue weighted by Crippen LogP contribution is 2.28. The summed E-state index contributed by atoms with van der Waals surface area (Å²) >= 11 is 3.32. The molecule has 0 radical (unpaired) electrons. The number of hydrogen-bond donors (Lipinski definition) is 1. The Kier molecular flexibility index (Phi) is 8.32. The zero-order valence-corrected chi connectivity index (χ0v) is 17.7. The molecule has 0 aliphatic carbocycles. The molecule has 2 rings (SSSR count). The van der Waals surface area contributed by atoms with Crippen LogP contribution in [0, 0.1) is 5.92 Å². The van der Waals surface area contributed by atoms with E-state index in [2.05, 4.69) is 35.1 Å². The molecule has 1 N–H and O–H groups in total. The molecular weight excluding hydrogens is 426 g/mol. The number of halogens is 1. The van der Waals surface area contributed by atoms with Crippen molar-refractivity contribution in [2.24, 2.45) is 5.92 Å². The minimum absolute atomic E-state index is 0.282. The summed E-state index contributed by atoms with van der Waals surface area (Å²) in [7, 11) is 1.51. The first-order valence-electron chi connectivity index (χ1n) is 8.92. The minimum Gasteiger partial charge on any atom is -0.493 e. The SMILES string of the molecule is COc1cc(C(=O)OCC(=O)Nc2ccc(Br)cc2)ccc1OCCC(C)C. The third-order valence-electron chi connectivity index (χ3n) is 3.81. The maximum atomic E-state index is 12.2. The van der Waals surface area contributed by atoms with E-state index in [-0.39, 0.29) is 12.2 Å². The zero-order chi connectivity index (χ0) is 20.5. The van der Waals surface area contributed by atoms with E-state index in [4.69, 9.17) is 14.2 Å². The standard InChI is InChI=1S/C21H24BrNO5/c1-14(2)10-11-27-18-9-4-15(12-19(18)26-3)21(25)28-13-20(24)23-17-7-5-16(22)6-8-17/h4-9,12,14H,10-11,13H2,1-3H3,(H,23,24). The van der Waals surface area contributed by atoms with Gasteiger partial charge in [-0.05, 0) is 54.8 Å².